The van der Waals surface area contributed by atoms with Gasteiger partial charge in [0.05, 0.1) is 16.8 Å². The summed E-state index contributed by atoms with van der Waals surface area (Å²) in [6.45, 7) is 1.76. The Morgan fingerprint density at radius 1 is 1.00 bits per heavy atom. The van der Waals surface area contributed by atoms with Crippen molar-refractivity contribution >= 4 is 17.5 Å². The molecular formula is C20H17N3O3. The van der Waals surface area contributed by atoms with Crippen LogP contribution < -0.4 is 15.8 Å². The van der Waals surface area contributed by atoms with E-state index in [4.69, 9.17) is 10.5 Å². The van der Waals surface area contributed by atoms with Gasteiger partial charge in [0.15, 0.2) is 0 Å². The summed E-state index contributed by atoms with van der Waals surface area (Å²) in [5, 5.41) is 2.70. The van der Waals surface area contributed by atoms with Gasteiger partial charge in [-0.25, -0.2) is 4.98 Å². The maximum atomic E-state index is 12.4. The molecule has 0 aliphatic rings. The van der Waals surface area contributed by atoms with Crippen LogP contribution in [0.5, 0.6) is 11.6 Å². The van der Waals surface area contributed by atoms with Crippen LogP contribution in [-0.4, -0.2) is 16.8 Å². The molecule has 3 rings (SSSR count). The molecule has 1 aromatic heterocycles. The molecule has 3 aromatic rings. The Balaban J connectivity index is 1.75. The number of pyridine rings is 1. The SMILES string of the molecule is Cc1cccc(NC(=O)c2ccc(Oc3ccccc3)nc2)c1C(N)=O. The zero-order chi connectivity index (χ0) is 18.5. The fourth-order valence-corrected chi connectivity index (χ4v) is 2.48. The first-order chi connectivity index (χ1) is 12.5. The Bertz CT molecular complexity index is 938. The number of nitrogens with one attached hydrogen (secondary N) is 1. The second-order valence-corrected chi connectivity index (χ2v) is 5.62. The van der Waals surface area contributed by atoms with Gasteiger partial charge < -0.3 is 15.8 Å². The number of primary amides is 1. The molecule has 0 saturated heterocycles. The first-order valence-electron chi connectivity index (χ1n) is 7.94. The van der Waals surface area contributed by atoms with Gasteiger partial charge >= 0.3 is 0 Å². The van der Waals surface area contributed by atoms with Gasteiger partial charge in [-0.05, 0) is 36.8 Å². The molecule has 0 atom stereocenters. The van der Waals surface area contributed by atoms with Crippen LogP contribution in [0.3, 0.4) is 0 Å². The maximum absolute atomic E-state index is 12.4. The Hall–Kier alpha value is -3.67. The normalized spacial score (nSPS) is 10.2. The van der Waals surface area contributed by atoms with Crippen LogP contribution in [0.1, 0.15) is 26.3 Å². The van der Waals surface area contributed by atoms with Gasteiger partial charge in [0.1, 0.15) is 5.75 Å². The lowest BCUT2D eigenvalue weighted by Gasteiger charge is -2.11. The summed E-state index contributed by atoms with van der Waals surface area (Å²) in [4.78, 5) is 28.2. The molecule has 130 valence electrons. The lowest BCUT2D eigenvalue weighted by Crippen LogP contribution is -2.19. The van der Waals surface area contributed by atoms with Crippen molar-refractivity contribution in [2.24, 2.45) is 5.73 Å². The van der Waals surface area contributed by atoms with E-state index in [1.54, 1.807) is 37.3 Å². The fraction of sp³-hybridized carbons (Fsp3) is 0.0500. The second kappa shape index (κ2) is 7.48. The highest BCUT2D eigenvalue weighted by Crippen LogP contribution is 2.21. The van der Waals surface area contributed by atoms with E-state index in [2.05, 4.69) is 10.3 Å². The molecule has 0 bridgehead atoms. The van der Waals surface area contributed by atoms with Crippen LogP contribution in [0.2, 0.25) is 0 Å². The number of benzene rings is 2. The molecule has 0 aliphatic heterocycles. The van der Waals surface area contributed by atoms with Gasteiger partial charge in [-0.15, -0.1) is 0 Å². The Morgan fingerprint density at radius 2 is 1.77 bits per heavy atom. The smallest absolute Gasteiger partial charge is 0.257 e. The van der Waals surface area contributed by atoms with E-state index < -0.39 is 11.8 Å². The van der Waals surface area contributed by atoms with Crippen LogP contribution >= 0.6 is 0 Å². The lowest BCUT2D eigenvalue weighted by molar-refractivity contribution is 0.100. The summed E-state index contributed by atoms with van der Waals surface area (Å²) in [5.74, 6) is 0.0455. The zero-order valence-corrected chi connectivity index (χ0v) is 14.1. The number of carbonyl (C=O) groups is 2. The number of hydrogen-bond donors (Lipinski definition) is 2. The summed E-state index contributed by atoms with van der Waals surface area (Å²) in [6.07, 6.45) is 1.41. The van der Waals surface area contributed by atoms with Crippen LogP contribution in [0.25, 0.3) is 0 Å². The third-order valence-corrected chi connectivity index (χ3v) is 3.73. The molecule has 0 unspecified atom stereocenters. The standard InChI is InChI=1S/C20H17N3O3/c1-13-6-5-9-16(18(13)19(21)24)23-20(25)14-10-11-17(22-12-14)26-15-7-3-2-4-8-15/h2-12H,1H3,(H2,21,24)(H,23,25). The predicted molar refractivity (Wildman–Crippen MR) is 98.4 cm³/mol. The topological polar surface area (TPSA) is 94.3 Å². The molecule has 0 saturated carbocycles. The highest BCUT2D eigenvalue weighted by molar-refractivity contribution is 6.09. The van der Waals surface area contributed by atoms with Crippen molar-refractivity contribution in [3.8, 4) is 11.6 Å². The van der Waals surface area contributed by atoms with Crippen molar-refractivity contribution in [1.82, 2.24) is 4.98 Å². The monoisotopic (exact) mass is 347 g/mol. The van der Waals surface area contributed by atoms with Gasteiger partial charge in [0, 0.05) is 12.3 Å². The minimum Gasteiger partial charge on any atom is -0.439 e. The maximum Gasteiger partial charge on any atom is 0.257 e. The van der Waals surface area contributed by atoms with E-state index in [1.165, 1.54) is 6.20 Å². The van der Waals surface area contributed by atoms with Crippen LogP contribution in [-0.2, 0) is 0 Å². The second-order valence-electron chi connectivity index (χ2n) is 5.62. The quantitative estimate of drug-likeness (QED) is 0.738. The number of anilines is 1. The molecule has 6 heteroatoms. The van der Waals surface area contributed by atoms with Gasteiger partial charge in [-0.1, -0.05) is 30.3 Å². The summed E-state index contributed by atoms with van der Waals surface area (Å²) >= 11 is 0. The summed E-state index contributed by atoms with van der Waals surface area (Å²) in [5.41, 5.74) is 7.09. The number of amides is 2. The van der Waals surface area contributed by atoms with Gasteiger partial charge in [-0.3, -0.25) is 9.59 Å². The van der Waals surface area contributed by atoms with Crippen molar-refractivity contribution in [3.63, 3.8) is 0 Å². The van der Waals surface area contributed by atoms with Crippen molar-refractivity contribution in [1.29, 1.82) is 0 Å². The molecule has 0 aliphatic carbocycles. The van der Waals surface area contributed by atoms with E-state index in [0.717, 1.165) is 0 Å². The number of nitrogens with zero attached hydrogens (tertiary/aromatic N) is 1. The summed E-state index contributed by atoms with van der Waals surface area (Å²) in [7, 11) is 0. The average molecular weight is 347 g/mol. The van der Waals surface area contributed by atoms with Crippen LogP contribution in [0.4, 0.5) is 5.69 Å². The third kappa shape index (κ3) is 3.87. The van der Waals surface area contributed by atoms with Crippen LogP contribution in [0, 0.1) is 6.92 Å². The Labute approximate surface area is 150 Å². The van der Waals surface area contributed by atoms with Crippen molar-refractivity contribution in [3.05, 3.63) is 83.6 Å². The van der Waals surface area contributed by atoms with Gasteiger partial charge in [0.2, 0.25) is 5.88 Å². The number of aryl methyl sites for hydroxylation is 1. The molecule has 2 amide bonds. The summed E-state index contributed by atoms with van der Waals surface area (Å²) < 4.78 is 5.59. The molecule has 3 N–H and O–H groups in total. The van der Waals surface area contributed by atoms with Crippen molar-refractivity contribution in [2.45, 2.75) is 6.92 Å². The van der Waals surface area contributed by atoms with E-state index in [-0.39, 0.29) is 5.56 Å². The number of carbonyl (C=O) groups excluding carboxylic acids is 2. The number of hydrogen-bond acceptors (Lipinski definition) is 4. The molecule has 1 heterocycles. The molecular weight excluding hydrogens is 330 g/mol. The highest BCUT2D eigenvalue weighted by atomic mass is 16.5. The first-order valence-corrected chi connectivity index (χ1v) is 7.94. The minimum atomic E-state index is -0.594. The van der Waals surface area contributed by atoms with Crippen LogP contribution in [0.15, 0.2) is 66.9 Å². The highest BCUT2D eigenvalue weighted by Gasteiger charge is 2.14. The van der Waals surface area contributed by atoms with E-state index in [0.29, 0.717) is 28.4 Å². The molecule has 6 nitrogen and oxygen atoms in total. The Kier molecular flexibility index (Phi) is 4.94. The minimum absolute atomic E-state index is 0.290. The third-order valence-electron chi connectivity index (χ3n) is 3.73. The fourth-order valence-electron chi connectivity index (χ4n) is 2.48. The molecule has 2 aromatic carbocycles. The number of para-hydroxylation sites is 1. The predicted octanol–water partition coefficient (Wildman–Crippen LogP) is 3.53. The number of rotatable bonds is 5. The van der Waals surface area contributed by atoms with E-state index in [9.17, 15) is 9.59 Å². The van der Waals surface area contributed by atoms with E-state index >= 15 is 0 Å². The number of ether oxygens (including phenoxy) is 1. The van der Waals surface area contributed by atoms with E-state index in [1.807, 2.05) is 30.3 Å². The van der Waals surface area contributed by atoms with Crippen molar-refractivity contribution in [2.75, 3.05) is 5.32 Å². The first kappa shape index (κ1) is 17.2. The number of nitrogens with two attached hydrogens (primary N) is 1. The van der Waals surface area contributed by atoms with Gasteiger partial charge in [0.25, 0.3) is 11.8 Å². The van der Waals surface area contributed by atoms with Crippen molar-refractivity contribution < 1.29 is 14.3 Å². The lowest BCUT2D eigenvalue weighted by atomic mass is 10.1. The largest absolute Gasteiger partial charge is 0.439 e. The molecule has 0 fully saturated rings. The average Bonchev–Trinajstić information content (AvgIpc) is 2.63. The summed E-state index contributed by atoms with van der Waals surface area (Å²) in [6, 6.07) is 17.6. The van der Waals surface area contributed by atoms with Gasteiger partial charge in [-0.2, -0.15) is 0 Å². The number of aromatic nitrogens is 1. The molecule has 0 radical (unpaired) electrons. The Morgan fingerprint density at radius 3 is 2.42 bits per heavy atom. The molecule has 26 heavy (non-hydrogen) atoms. The molecule has 0 spiro atoms. The zero-order valence-electron chi connectivity index (χ0n) is 14.1.